The SMILES string of the molecule is O=S(=O)(O)NC1=NCCS1. The van der Waals surface area contributed by atoms with Gasteiger partial charge in [-0.2, -0.15) is 8.42 Å². The van der Waals surface area contributed by atoms with Crippen LogP contribution in [0, 0.1) is 0 Å². The van der Waals surface area contributed by atoms with E-state index in [-0.39, 0.29) is 5.17 Å². The van der Waals surface area contributed by atoms with E-state index in [1.807, 2.05) is 4.72 Å². The molecule has 0 amide bonds. The lowest BCUT2D eigenvalue weighted by Crippen LogP contribution is -2.26. The number of thioether (sulfide) groups is 1. The van der Waals surface area contributed by atoms with E-state index >= 15 is 0 Å². The molecular weight excluding hydrogens is 176 g/mol. The van der Waals surface area contributed by atoms with Gasteiger partial charge in [-0.25, -0.2) is 4.72 Å². The van der Waals surface area contributed by atoms with Crippen molar-refractivity contribution in [2.45, 2.75) is 0 Å². The average Bonchev–Trinajstić information content (AvgIpc) is 2.12. The molecule has 0 aromatic carbocycles. The lowest BCUT2D eigenvalue weighted by atomic mass is 10.8. The molecule has 1 heterocycles. The first-order valence-corrected chi connectivity index (χ1v) is 4.93. The van der Waals surface area contributed by atoms with Crippen molar-refractivity contribution in [3.63, 3.8) is 0 Å². The van der Waals surface area contributed by atoms with Gasteiger partial charge in [0.1, 0.15) is 0 Å². The summed E-state index contributed by atoms with van der Waals surface area (Å²) in [5.74, 6) is 0.762. The molecule has 0 fully saturated rings. The predicted octanol–water partition coefficient (Wildman–Crippen LogP) is -0.518. The van der Waals surface area contributed by atoms with Gasteiger partial charge in [-0.3, -0.25) is 9.55 Å². The minimum atomic E-state index is -4.11. The first-order chi connectivity index (χ1) is 4.58. The monoisotopic (exact) mass is 182 g/mol. The summed E-state index contributed by atoms with van der Waals surface area (Å²) in [6.07, 6.45) is 0. The number of hydrogen-bond acceptors (Lipinski definition) is 4. The molecule has 10 heavy (non-hydrogen) atoms. The standard InChI is InChI=1S/C3H6N2O3S2/c6-10(7,8)5-3-4-1-2-9-3/h1-2H2,(H,4,5)(H,6,7,8). The molecule has 0 aromatic rings. The molecule has 0 aliphatic carbocycles. The van der Waals surface area contributed by atoms with Crippen LogP contribution in [0.15, 0.2) is 4.99 Å². The zero-order chi connectivity index (χ0) is 7.61. The summed E-state index contributed by atoms with van der Waals surface area (Å²) < 4.78 is 30.4. The molecule has 58 valence electrons. The third-order valence-electron chi connectivity index (χ3n) is 0.802. The molecule has 0 spiro atoms. The maximum atomic E-state index is 10.1. The maximum Gasteiger partial charge on any atom is 0.359 e. The van der Waals surface area contributed by atoms with Crippen molar-refractivity contribution in [2.24, 2.45) is 4.99 Å². The molecule has 0 saturated carbocycles. The topological polar surface area (TPSA) is 78.8 Å². The van der Waals surface area contributed by atoms with Gasteiger partial charge in [0.15, 0.2) is 5.17 Å². The van der Waals surface area contributed by atoms with Crippen molar-refractivity contribution in [3.8, 4) is 0 Å². The highest BCUT2D eigenvalue weighted by Crippen LogP contribution is 2.08. The molecule has 2 N–H and O–H groups in total. The summed E-state index contributed by atoms with van der Waals surface area (Å²) in [5, 5.41) is 0.266. The van der Waals surface area contributed by atoms with Crippen molar-refractivity contribution in [2.75, 3.05) is 12.3 Å². The first-order valence-electron chi connectivity index (χ1n) is 2.50. The number of rotatable bonds is 1. The zero-order valence-corrected chi connectivity index (χ0v) is 6.57. The second kappa shape index (κ2) is 2.77. The van der Waals surface area contributed by atoms with E-state index in [4.69, 9.17) is 4.55 Å². The second-order valence-electron chi connectivity index (χ2n) is 1.61. The molecule has 0 aromatic heterocycles. The van der Waals surface area contributed by atoms with Gasteiger partial charge >= 0.3 is 10.3 Å². The van der Waals surface area contributed by atoms with Crippen LogP contribution < -0.4 is 4.72 Å². The van der Waals surface area contributed by atoms with Gasteiger partial charge < -0.3 is 0 Å². The Hall–Kier alpha value is -0.270. The lowest BCUT2D eigenvalue weighted by molar-refractivity contribution is 0.479. The van der Waals surface area contributed by atoms with Crippen LogP contribution in [-0.2, 0) is 10.3 Å². The van der Waals surface area contributed by atoms with Crippen LogP contribution in [0.2, 0.25) is 0 Å². The van der Waals surface area contributed by atoms with Gasteiger partial charge in [0.25, 0.3) is 0 Å². The van der Waals surface area contributed by atoms with Gasteiger partial charge in [-0.1, -0.05) is 11.8 Å². The zero-order valence-electron chi connectivity index (χ0n) is 4.94. The molecule has 1 aliphatic heterocycles. The largest absolute Gasteiger partial charge is 0.359 e. The lowest BCUT2D eigenvalue weighted by Gasteiger charge is -1.97. The fourth-order valence-corrected chi connectivity index (χ4v) is 1.90. The molecule has 1 rings (SSSR count). The van der Waals surface area contributed by atoms with E-state index in [1.54, 1.807) is 0 Å². The molecule has 0 radical (unpaired) electrons. The van der Waals surface area contributed by atoms with Crippen LogP contribution in [-0.4, -0.2) is 30.4 Å². The smallest absolute Gasteiger partial charge is 0.269 e. The van der Waals surface area contributed by atoms with Crippen LogP contribution >= 0.6 is 11.8 Å². The molecular formula is C3H6N2O3S2. The van der Waals surface area contributed by atoms with Gasteiger partial charge in [0.2, 0.25) is 0 Å². The number of nitrogens with zero attached hydrogens (tertiary/aromatic N) is 1. The summed E-state index contributed by atoms with van der Waals surface area (Å²) in [4.78, 5) is 3.75. The van der Waals surface area contributed by atoms with Gasteiger partial charge in [-0.15, -0.1) is 0 Å². The summed E-state index contributed by atoms with van der Waals surface area (Å²) in [6.45, 7) is 0.600. The maximum absolute atomic E-state index is 10.1. The molecule has 0 saturated heterocycles. The Morgan fingerprint density at radius 1 is 1.70 bits per heavy atom. The molecule has 0 atom stereocenters. The van der Waals surface area contributed by atoms with E-state index in [2.05, 4.69) is 4.99 Å². The quantitative estimate of drug-likeness (QED) is 0.535. The highest BCUT2D eigenvalue weighted by molar-refractivity contribution is 8.15. The van der Waals surface area contributed by atoms with Crippen LogP contribution in [0.1, 0.15) is 0 Å². The summed E-state index contributed by atoms with van der Waals surface area (Å²) in [5.41, 5.74) is 0. The van der Waals surface area contributed by atoms with Crippen molar-refractivity contribution in [1.82, 2.24) is 4.72 Å². The fourth-order valence-electron chi connectivity index (χ4n) is 0.507. The van der Waals surface area contributed by atoms with E-state index in [0.29, 0.717) is 6.54 Å². The molecule has 0 unspecified atom stereocenters. The number of amidine groups is 1. The third-order valence-corrected chi connectivity index (χ3v) is 2.27. The highest BCUT2D eigenvalue weighted by Gasteiger charge is 2.11. The van der Waals surface area contributed by atoms with Gasteiger partial charge in [-0.05, 0) is 0 Å². The van der Waals surface area contributed by atoms with Crippen molar-refractivity contribution >= 4 is 27.2 Å². The van der Waals surface area contributed by atoms with E-state index in [1.165, 1.54) is 11.8 Å². The van der Waals surface area contributed by atoms with Crippen LogP contribution in [0.5, 0.6) is 0 Å². The Bertz CT molecular complexity index is 244. The van der Waals surface area contributed by atoms with Crippen molar-refractivity contribution in [1.29, 1.82) is 0 Å². The fraction of sp³-hybridized carbons (Fsp3) is 0.667. The first kappa shape index (κ1) is 7.83. The van der Waals surface area contributed by atoms with Gasteiger partial charge in [0, 0.05) is 5.75 Å². The Kier molecular flexibility index (Phi) is 2.17. The van der Waals surface area contributed by atoms with Crippen molar-refractivity contribution in [3.05, 3.63) is 0 Å². The van der Waals surface area contributed by atoms with Gasteiger partial charge in [0.05, 0.1) is 6.54 Å². The number of aliphatic imine (C=N–C) groups is 1. The van der Waals surface area contributed by atoms with Crippen LogP contribution in [0.3, 0.4) is 0 Å². The molecule has 0 bridgehead atoms. The average molecular weight is 182 g/mol. The molecule has 1 aliphatic rings. The minimum absolute atomic E-state index is 0.266. The highest BCUT2D eigenvalue weighted by atomic mass is 32.2. The van der Waals surface area contributed by atoms with Crippen LogP contribution in [0.4, 0.5) is 0 Å². The normalized spacial score (nSPS) is 18.7. The Morgan fingerprint density at radius 2 is 2.40 bits per heavy atom. The third kappa shape index (κ3) is 2.54. The molecule has 7 heteroatoms. The van der Waals surface area contributed by atoms with E-state index in [9.17, 15) is 8.42 Å². The minimum Gasteiger partial charge on any atom is -0.269 e. The van der Waals surface area contributed by atoms with Crippen molar-refractivity contribution < 1.29 is 13.0 Å². The summed E-state index contributed by atoms with van der Waals surface area (Å²) >= 11 is 1.27. The number of nitrogens with one attached hydrogen (secondary N) is 1. The second-order valence-corrected chi connectivity index (χ2v) is 3.85. The van der Waals surface area contributed by atoms with Crippen LogP contribution in [0.25, 0.3) is 0 Å². The Labute approximate surface area is 62.8 Å². The predicted molar refractivity (Wildman–Crippen MR) is 39.4 cm³/mol. The summed E-state index contributed by atoms with van der Waals surface area (Å²) in [7, 11) is -4.11. The molecule has 5 nitrogen and oxygen atoms in total. The van der Waals surface area contributed by atoms with E-state index < -0.39 is 10.3 Å². The summed E-state index contributed by atoms with van der Waals surface area (Å²) in [6, 6.07) is 0. The Balaban J connectivity index is 2.54. The Morgan fingerprint density at radius 3 is 2.80 bits per heavy atom. The van der Waals surface area contributed by atoms with E-state index in [0.717, 1.165) is 5.75 Å². The number of hydrogen-bond donors (Lipinski definition) is 2.